The average Bonchev–Trinajstić information content (AvgIpc) is 3.10. The van der Waals surface area contributed by atoms with Crippen LogP contribution in [0.3, 0.4) is 0 Å². The number of nitrogens with zero attached hydrogens (tertiary/aromatic N) is 1. The Morgan fingerprint density at radius 2 is 1.93 bits per heavy atom. The fourth-order valence-electron chi connectivity index (χ4n) is 2.98. The summed E-state index contributed by atoms with van der Waals surface area (Å²) >= 11 is 0. The molecule has 3 rings (SSSR count). The van der Waals surface area contributed by atoms with Crippen LogP contribution in [0, 0.1) is 0 Å². The molecule has 0 atom stereocenters. The number of ether oxygens (including phenoxy) is 2. The topological polar surface area (TPSA) is 67.9 Å². The predicted octanol–water partition coefficient (Wildman–Crippen LogP) is 2.63. The molecular weight excluding hydrogens is 344 g/mol. The smallest absolute Gasteiger partial charge is 0.251 e. The van der Waals surface area contributed by atoms with E-state index in [4.69, 9.17) is 9.47 Å². The van der Waals surface area contributed by atoms with E-state index in [0.29, 0.717) is 37.4 Å². The monoisotopic (exact) mass is 368 g/mol. The second-order valence-electron chi connectivity index (χ2n) is 6.40. The third kappa shape index (κ3) is 5.23. The lowest BCUT2D eigenvalue weighted by Crippen LogP contribution is -2.28. The van der Waals surface area contributed by atoms with Crippen LogP contribution in [0.1, 0.15) is 28.8 Å². The molecule has 0 radical (unpaired) electrons. The largest absolute Gasteiger partial charge is 0.497 e. The van der Waals surface area contributed by atoms with Crippen molar-refractivity contribution in [3.05, 3.63) is 59.7 Å². The number of carbonyl (C=O) groups is 2. The van der Waals surface area contributed by atoms with Crippen molar-refractivity contribution in [2.45, 2.75) is 19.4 Å². The summed E-state index contributed by atoms with van der Waals surface area (Å²) < 4.78 is 10.7. The molecule has 2 amide bonds. The normalized spacial score (nSPS) is 13.5. The van der Waals surface area contributed by atoms with Crippen LogP contribution in [0.4, 0.5) is 0 Å². The van der Waals surface area contributed by atoms with Gasteiger partial charge < -0.3 is 19.7 Å². The van der Waals surface area contributed by atoms with Gasteiger partial charge in [0.2, 0.25) is 5.91 Å². The molecule has 0 bridgehead atoms. The first-order valence-electron chi connectivity index (χ1n) is 9.07. The van der Waals surface area contributed by atoms with Gasteiger partial charge in [0.25, 0.3) is 5.91 Å². The van der Waals surface area contributed by atoms with E-state index in [-0.39, 0.29) is 11.8 Å². The van der Waals surface area contributed by atoms with Gasteiger partial charge >= 0.3 is 0 Å². The van der Waals surface area contributed by atoms with Crippen molar-refractivity contribution >= 4 is 11.8 Å². The van der Waals surface area contributed by atoms with Crippen molar-refractivity contribution in [1.82, 2.24) is 10.2 Å². The molecule has 27 heavy (non-hydrogen) atoms. The summed E-state index contributed by atoms with van der Waals surface area (Å²) in [4.78, 5) is 25.7. The highest BCUT2D eigenvalue weighted by Gasteiger charge is 2.19. The molecule has 1 heterocycles. The maximum Gasteiger partial charge on any atom is 0.251 e. The van der Waals surface area contributed by atoms with E-state index in [1.165, 1.54) is 0 Å². The Balaban J connectivity index is 1.43. The number of hydrogen-bond donors (Lipinski definition) is 1. The van der Waals surface area contributed by atoms with E-state index < -0.39 is 0 Å². The molecule has 1 fully saturated rings. The number of hydrogen-bond acceptors (Lipinski definition) is 4. The molecule has 2 aromatic carbocycles. The molecule has 6 nitrogen and oxygen atoms in total. The van der Waals surface area contributed by atoms with E-state index in [0.717, 1.165) is 24.3 Å². The lowest BCUT2D eigenvalue weighted by Gasteiger charge is -2.15. The Labute approximate surface area is 159 Å². The van der Waals surface area contributed by atoms with E-state index in [9.17, 15) is 9.59 Å². The minimum Gasteiger partial charge on any atom is -0.497 e. The Morgan fingerprint density at radius 1 is 1.15 bits per heavy atom. The summed E-state index contributed by atoms with van der Waals surface area (Å²) in [5.41, 5.74) is 1.62. The molecule has 2 aromatic rings. The van der Waals surface area contributed by atoms with Gasteiger partial charge in [-0.25, -0.2) is 0 Å². The SMILES string of the molecule is COc1cccc(OCCNC(=O)c2ccc(CN3CCCC3=O)cc2)c1. The third-order valence-corrected chi connectivity index (χ3v) is 4.46. The van der Waals surface area contributed by atoms with Gasteiger partial charge in [-0.1, -0.05) is 18.2 Å². The first-order valence-corrected chi connectivity index (χ1v) is 9.07. The minimum atomic E-state index is -0.145. The van der Waals surface area contributed by atoms with Gasteiger partial charge in [-0.05, 0) is 36.2 Å². The fourth-order valence-corrected chi connectivity index (χ4v) is 2.98. The molecule has 0 saturated carbocycles. The number of amides is 2. The highest BCUT2D eigenvalue weighted by Crippen LogP contribution is 2.18. The molecule has 6 heteroatoms. The number of methoxy groups -OCH3 is 1. The molecule has 1 N–H and O–H groups in total. The summed E-state index contributed by atoms with van der Waals surface area (Å²) in [5.74, 6) is 1.48. The Bertz CT molecular complexity index is 789. The van der Waals surface area contributed by atoms with Crippen molar-refractivity contribution in [3.63, 3.8) is 0 Å². The van der Waals surface area contributed by atoms with Crippen LogP contribution in [0.5, 0.6) is 11.5 Å². The van der Waals surface area contributed by atoms with Crippen molar-refractivity contribution in [3.8, 4) is 11.5 Å². The van der Waals surface area contributed by atoms with Crippen LogP contribution in [0.25, 0.3) is 0 Å². The maximum atomic E-state index is 12.2. The van der Waals surface area contributed by atoms with Crippen molar-refractivity contribution in [2.75, 3.05) is 26.8 Å². The fraction of sp³-hybridized carbons (Fsp3) is 0.333. The molecule has 0 aromatic heterocycles. The molecular formula is C21H24N2O4. The molecule has 1 aliphatic heterocycles. The highest BCUT2D eigenvalue weighted by atomic mass is 16.5. The maximum absolute atomic E-state index is 12.2. The number of nitrogens with one attached hydrogen (secondary N) is 1. The quantitative estimate of drug-likeness (QED) is 0.728. The molecule has 0 unspecified atom stereocenters. The zero-order valence-corrected chi connectivity index (χ0v) is 15.4. The van der Waals surface area contributed by atoms with Crippen LogP contribution >= 0.6 is 0 Å². The summed E-state index contributed by atoms with van der Waals surface area (Å²) in [6, 6.07) is 14.7. The summed E-state index contributed by atoms with van der Waals surface area (Å²) in [5, 5.41) is 2.84. The Kier molecular flexibility index (Phi) is 6.30. The molecule has 1 aliphatic rings. The number of likely N-dealkylation sites (tertiary alicyclic amines) is 1. The highest BCUT2D eigenvalue weighted by molar-refractivity contribution is 5.94. The van der Waals surface area contributed by atoms with E-state index >= 15 is 0 Å². The first kappa shape index (κ1) is 18.8. The van der Waals surface area contributed by atoms with Gasteiger partial charge in [0, 0.05) is 31.1 Å². The first-order chi connectivity index (χ1) is 13.2. The Morgan fingerprint density at radius 3 is 2.63 bits per heavy atom. The van der Waals surface area contributed by atoms with Crippen molar-refractivity contribution in [1.29, 1.82) is 0 Å². The van der Waals surface area contributed by atoms with Gasteiger partial charge in [-0.2, -0.15) is 0 Å². The lowest BCUT2D eigenvalue weighted by molar-refractivity contribution is -0.128. The van der Waals surface area contributed by atoms with Crippen LogP contribution in [0.15, 0.2) is 48.5 Å². The molecule has 142 valence electrons. The number of carbonyl (C=O) groups excluding carboxylic acids is 2. The van der Waals surface area contributed by atoms with Gasteiger partial charge in [-0.15, -0.1) is 0 Å². The van der Waals surface area contributed by atoms with Crippen LogP contribution in [-0.2, 0) is 11.3 Å². The molecule has 0 spiro atoms. The van der Waals surface area contributed by atoms with Crippen molar-refractivity contribution in [2.24, 2.45) is 0 Å². The van der Waals surface area contributed by atoms with Crippen LogP contribution in [-0.4, -0.2) is 43.5 Å². The zero-order valence-electron chi connectivity index (χ0n) is 15.4. The van der Waals surface area contributed by atoms with Gasteiger partial charge in [0.1, 0.15) is 18.1 Å². The summed E-state index contributed by atoms with van der Waals surface area (Å²) in [6.45, 7) is 2.19. The van der Waals surface area contributed by atoms with E-state index in [1.54, 1.807) is 25.3 Å². The van der Waals surface area contributed by atoms with Crippen LogP contribution < -0.4 is 14.8 Å². The predicted molar refractivity (Wildman–Crippen MR) is 102 cm³/mol. The number of rotatable bonds is 8. The number of benzene rings is 2. The van der Waals surface area contributed by atoms with E-state index in [1.807, 2.05) is 35.2 Å². The second kappa shape index (κ2) is 9.07. The second-order valence-corrected chi connectivity index (χ2v) is 6.40. The summed E-state index contributed by atoms with van der Waals surface area (Å²) in [7, 11) is 1.60. The van der Waals surface area contributed by atoms with Crippen molar-refractivity contribution < 1.29 is 19.1 Å². The van der Waals surface area contributed by atoms with Gasteiger partial charge in [0.15, 0.2) is 0 Å². The standard InChI is InChI=1S/C21H24N2O4/c1-26-18-4-2-5-19(14-18)27-13-11-22-21(25)17-9-7-16(8-10-17)15-23-12-3-6-20(23)24/h2,4-5,7-10,14H,3,6,11-13,15H2,1H3,(H,22,25). The summed E-state index contributed by atoms with van der Waals surface area (Å²) in [6.07, 6.45) is 1.56. The lowest BCUT2D eigenvalue weighted by atomic mass is 10.1. The molecule has 1 saturated heterocycles. The molecule has 0 aliphatic carbocycles. The average molecular weight is 368 g/mol. The van der Waals surface area contributed by atoms with Gasteiger partial charge in [-0.3, -0.25) is 9.59 Å². The van der Waals surface area contributed by atoms with Gasteiger partial charge in [0.05, 0.1) is 13.7 Å². The third-order valence-electron chi connectivity index (χ3n) is 4.46. The Hall–Kier alpha value is -3.02. The minimum absolute atomic E-state index is 0.145. The van der Waals surface area contributed by atoms with Crippen LogP contribution in [0.2, 0.25) is 0 Å². The zero-order chi connectivity index (χ0) is 19.1. The van der Waals surface area contributed by atoms with E-state index in [2.05, 4.69) is 5.32 Å².